The number of Topliss-reactive ketones (excluding diaryl/α,β-unsaturated/α-hetero) is 2. The van der Waals surface area contributed by atoms with Gasteiger partial charge in [0.15, 0.2) is 11.8 Å². The number of ether oxygens (including phenoxy) is 1. The van der Waals surface area contributed by atoms with Gasteiger partial charge in [0.2, 0.25) is 5.78 Å². The van der Waals surface area contributed by atoms with E-state index in [0.717, 1.165) is 16.2 Å². The highest BCUT2D eigenvalue weighted by atomic mass is 16.6. The van der Waals surface area contributed by atoms with Gasteiger partial charge in [-0.1, -0.05) is 0 Å². The number of ketones is 2. The van der Waals surface area contributed by atoms with Crippen molar-refractivity contribution in [1.82, 2.24) is 9.88 Å². The molecule has 25 heavy (non-hydrogen) atoms. The van der Waals surface area contributed by atoms with Crippen molar-refractivity contribution >= 4 is 17.7 Å². The van der Waals surface area contributed by atoms with Crippen molar-refractivity contribution in [3.05, 3.63) is 22.5 Å². The highest BCUT2D eigenvalue weighted by molar-refractivity contribution is 6.04. The predicted octanol–water partition coefficient (Wildman–Crippen LogP) is 0.762. The van der Waals surface area contributed by atoms with E-state index in [1.165, 1.54) is 6.92 Å². The molecule has 1 aromatic heterocycles. The molecule has 1 amide bonds. The summed E-state index contributed by atoms with van der Waals surface area (Å²) < 4.78 is 5.02. The Morgan fingerprint density at radius 2 is 1.84 bits per heavy atom. The first-order valence-corrected chi connectivity index (χ1v) is 8.78. The van der Waals surface area contributed by atoms with E-state index in [9.17, 15) is 14.4 Å². The van der Waals surface area contributed by atoms with Gasteiger partial charge in [0.25, 0.3) is 0 Å². The molecule has 0 spiro atoms. The summed E-state index contributed by atoms with van der Waals surface area (Å²) in [5.41, 5.74) is 2.60. The fraction of sp³-hybridized carbons (Fsp3) is 0.611. The Morgan fingerprint density at radius 3 is 2.32 bits per heavy atom. The van der Waals surface area contributed by atoms with Gasteiger partial charge in [-0.25, -0.2) is 4.79 Å². The zero-order valence-corrected chi connectivity index (χ0v) is 15.7. The topological polar surface area (TPSA) is 83.9 Å². The second-order valence-corrected chi connectivity index (χ2v) is 6.61. The van der Waals surface area contributed by atoms with Crippen molar-refractivity contribution in [3.8, 4) is 0 Å². The van der Waals surface area contributed by atoms with E-state index in [1.807, 2.05) is 20.8 Å². The average molecular weight is 350 g/mol. The Morgan fingerprint density at radius 1 is 1.24 bits per heavy atom. The van der Waals surface area contributed by atoms with Crippen LogP contribution in [0.2, 0.25) is 0 Å². The maximum Gasteiger partial charge on any atom is 0.410 e. The molecule has 1 aliphatic heterocycles. The third-order valence-electron chi connectivity index (χ3n) is 4.97. The van der Waals surface area contributed by atoms with Gasteiger partial charge >= 0.3 is 6.09 Å². The maximum atomic E-state index is 12.9. The first-order valence-electron chi connectivity index (χ1n) is 8.78. The number of carbonyl (C=O) groups is 3. The van der Waals surface area contributed by atoms with Crippen molar-refractivity contribution in [2.45, 2.75) is 40.7 Å². The molecule has 1 aliphatic rings. The molecular formula is C18H28N3O4+. The van der Waals surface area contributed by atoms with Gasteiger partial charge in [-0.2, -0.15) is 0 Å². The average Bonchev–Trinajstić information content (AvgIpc) is 2.88. The molecule has 138 valence electrons. The highest BCUT2D eigenvalue weighted by Gasteiger charge is 2.33. The monoisotopic (exact) mass is 350 g/mol. The number of aromatic nitrogens is 1. The number of aromatic amines is 1. The molecule has 1 saturated heterocycles. The molecular weight excluding hydrogens is 322 g/mol. The van der Waals surface area contributed by atoms with Crippen LogP contribution < -0.4 is 4.90 Å². The van der Waals surface area contributed by atoms with Gasteiger partial charge in [0.1, 0.15) is 0 Å². The molecule has 2 N–H and O–H groups in total. The number of piperazine rings is 1. The Balaban J connectivity index is 2.06. The van der Waals surface area contributed by atoms with Gasteiger partial charge < -0.3 is 14.6 Å². The van der Waals surface area contributed by atoms with Crippen LogP contribution in [0.3, 0.4) is 0 Å². The van der Waals surface area contributed by atoms with Crippen molar-refractivity contribution in [1.29, 1.82) is 0 Å². The van der Waals surface area contributed by atoms with Gasteiger partial charge in [0, 0.05) is 11.3 Å². The molecule has 0 bridgehead atoms. The third-order valence-corrected chi connectivity index (χ3v) is 4.97. The van der Waals surface area contributed by atoms with Crippen LogP contribution in [0, 0.1) is 13.8 Å². The minimum Gasteiger partial charge on any atom is -0.450 e. The van der Waals surface area contributed by atoms with Crippen molar-refractivity contribution < 1.29 is 24.0 Å². The smallest absolute Gasteiger partial charge is 0.410 e. The number of carbonyl (C=O) groups excluding carboxylic acids is 3. The minimum absolute atomic E-state index is 0.00712. The van der Waals surface area contributed by atoms with Crippen LogP contribution in [-0.4, -0.2) is 66.4 Å². The second-order valence-electron chi connectivity index (χ2n) is 6.61. The summed E-state index contributed by atoms with van der Waals surface area (Å²) in [6.07, 6.45) is -0.289. The van der Waals surface area contributed by atoms with Gasteiger partial charge in [-0.3, -0.25) is 14.5 Å². The fourth-order valence-corrected chi connectivity index (χ4v) is 3.55. The number of hydrogen-bond acceptors (Lipinski definition) is 4. The lowest BCUT2D eigenvalue weighted by Gasteiger charge is -2.34. The molecule has 1 aromatic rings. The first-order chi connectivity index (χ1) is 11.8. The summed E-state index contributed by atoms with van der Waals surface area (Å²) >= 11 is 0. The maximum absolute atomic E-state index is 12.9. The van der Waals surface area contributed by atoms with Crippen molar-refractivity contribution in [2.75, 3.05) is 32.8 Å². The molecule has 7 heteroatoms. The number of quaternary nitrogens is 1. The summed E-state index contributed by atoms with van der Waals surface area (Å²) in [7, 11) is 0. The molecule has 0 radical (unpaired) electrons. The van der Waals surface area contributed by atoms with Crippen LogP contribution in [0.25, 0.3) is 0 Å². The molecule has 1 fully saturated rings. The predicted molar refractivity (Wildman–Crippen MR) is 93.4 cm³/mol. The SMILES string of the molecule is CCOC(=O)N1CC[NH+]([C@H](C)C(=O)c2[nH]c(C)c(C(C)=O)c2C)CC1. The molecule has 2 heterocycles. The first kappa shape index (κ1) is 19.2. The van der Waals surface area contributed by atoms with Gasteiger partial charge in [-0.05, 0) is 40.2 Å². The molecule has 0 aliphatic carbocycles. The van der Waals surface area contributed by atoms with E-state index < -0.39 is 0 Å². The van der Waals surface area contributed by atoms with E-state index in [0.29, 0.717) is 44.0 Å². The molecule has 0 unspecified atom stereocenters. The third kappa shape index (κ3) is 3.92. The van der Waals surface area contributed by atoms with Crippen LogP contribution in [0.4, 0.5) is 4.79 Å². The van der Waals surface area contributed by atoms with Crippen molar-refractivity contribution in [2.24, 2.45) is 0 Å². The number of rotatable bonds is 5. The Bertz CT molecular complexity index is 672. The van der Waals surface area contributed by atoms with Crippen LogP contribution >= 0.6 is 0 Å². The Kier molecular flexibility index (Phi) is 6.00. The normalized spacial score (nSPS) is 16.6. The lowest BCUT2D eigenvalue weighted by molar-refractivity contribution is -0.917. The van der Waals surface area contributed by atoms with Crippen LogP contribution in [0.15, 0.2) is 0 Å². The molecule has 2 rings (SSSR count). The van der Waals surface area contributed by atoms with E-state index >= 15 is 0 Å². The Labute approximate surface area is 148 Å². The molecule has 0 aromatic carbocycles. The van der Waals surface area contributed by atoms with Gasteiger partial charge in [-0.15, -0.1) is 0 Å². The van der Waals surface area contributed by atoms with E-state index in [1.54, 1.807) is 11.8 Å². The molecule has 1 atom stereocenters. The van der Waals surface area contributed by atoms with Gasteiger partial charge in [0.05, 0.1) is 38.5 Å². The van der Waals surface area contributed by atoms with E-state index in [-0.39, 0.29) is 23.7 Å². The van der Waals surface area contributed by atoms with Crippen LogP contribution in [-0.2, 0) is 4.74 Å². The lowest BCUT2D eigenvalue weighted by atomic mass is 10.0. The number of nitrogens with one attached hydrogen (secondary N) is 2. The molecule has 0 saturated carbocycles. The van der Waals surface area contributed by atoms with Crippen LogP contribution in [0.5, 0.6) is 0 Å². The standard InChI is InChI=1S/C18H27N3O4/c1-6-25-18(24)21-9-7-20(8-10-21)13(4)17(23)16-11(2)15(14(5)22)12(3)19-16/h13,19H,6-10H2,1-5H3/p+1/t13-/m1/s1. The second kappa shape index (κ2) is 7.82. The van der Waals surface area contributed by atoms with E-state index in [2.05, 4.69) is 4.98 Å². The fourth-order valence-electron chi connectivity index (χ4n) is 3.55. The number of amides is 1. The number of nitrogens with zero attached hydrogens (tertiary/aromatic N) is 1. The highest BCUT2D eigenvalue weighted by Crippen LogP contribution is 2.19. The largest absolute Gasteiger partial charge is 0.450 e. The summed E-state index contributed by atoms with van der Waals surface area (Å²) in [4.78, 5) is 42.3. The number of hydrogen-bond donors (Lipinski definition) is 2. The number of H-pyrrole nitrogens is 1. The zero-order chi connectivity index (χ0) is 18.7. The lowest BCUT2D eigenvalue weighted by Crippen LogP contribution is -3.18. The summed E-state index contributed by atoms with van der Waals surface area (Å²) in [5, 5.41) is 0. The van der Waals surface area contributed by atoms with Crippen LogP contribution in [0.1, 0.15) is 52.9 Å². The molecule has 7 nitrogen and oxygen atoms in total. The van der Waals surface area contributed by atoms with Crippen molar-refractivity contribution in [3.63, 3.8) is 0 Å². The minimum atomic E-state index is -0.289. The zero-order valence-electron chi connectivity index (χ0n) is 15.7. The summed E-state index contributed by atoms with van der Waals surface area (Å²) in [5.74, 6) is -0.0268. The Hall–Kier alpha value is -2.15. The quantitative estimate of drug-likeness (QED) is 0.768. The summed E-state index contributed by atoms with van der Waals surface area (Å²) in [6.45, 7) is 11.8. The summed E-state index contributed by atoms with van der Waals surface area (Å²) in [6, 6.07) is -0.235. The number of aryl methyl sites for hydroxylation is 1. The van der Waals surface area contributed by atoms with E-state index in [4.69, 9.17) is 4.74 Å².